The Morgan fingerprint density at radius 3 is 3.10 bits per heavy atom. The van der Waals surface area contributed by atoms with E-state index >= 15 is 0 Å². The third kappa shape index (κ3) is 4.33. The molecule has 0 radical (unpaired) electrons. The van der Waals surface area contributed by atoms with Crippen molar-refractivity contribution in [2.75, 3.05) is 32.1 Å². The molecule has 1 unspecified atom stereocenters. The number of hydrogen-bond acceptors (Lipinski definition) is 4. The summed E-state index contributed by atoms with van der Waals surface area (Å²) in [6, 6.07) is 5.30. The fourth-order valence-electron chi connectivity index (χ4n) is 2.63. The quantitative estimate of drug-likeness (QED) is 0.845. The smallest absolute Gasteiger partial charge is 0.225 e. The van der Waals surface area contributed by atoms with Crippen molar-refractivity contribution in [3.63, 3.8) is 0 Å². The minimum atomic E-state index is -0.0841. The van der Waals surface area contributed by atoms with E-state index in [4.69, 9.17) is 16.3 Å². The Hall–Kier alpha value is -1.30. The maximum absolute atomic E-state index is 12.0. The Bertz CT molecular complexity index is 496. The molecule has 2 N–H and O–H groups in total. The summed E-state index contributed by atoms with van der Waals surface area (Å²) in [5, 5.41) is 12.6. The van der Waals surface area contributed by atoms with Gasteiger partial charge in [0.2, 0.25) is 5.91 Å². The van der Waals surface area contributed by atoms with E-state index in [9.17, 15) is 9.90 Å². The molecule has 2 rings (SSSR count). The van der Waals surface area contributed by atoms with Gasteiger partial charge in [-0.3, -0.25) is 9.69 Å². The second-order valence-electron chi connectivity index (χ2n) is 5.16. The largest absolute Gasteiger partial charge is 0.495 e. The van der Waals surface area contributed by atoms with Gasteiger partial charge in [-0.15, -0.1) is 0 Å². The van der Waals surface area contributed by atoms with E-state index in [1.165, 1.54) is 0 Å². The van der Waals surface area contributed by atoms with Gasteiger partial charge in [0, 0.05) is 24.0 Å². The summed E-state index contributed by atoms with van der Waals surface area (Å²) in [6.07, 6.45) is 2.46. The molecule has 1 aliphatic heterocycles. The van der Waals surface area contributed by atoms with Crippen LogP contribution in [0.15, 0.2) is 18.2 Å². The van der Waals surface area contributed by atoms with E-state index in [1.54, 1.807) is 25.3 Å². The van der Waals surface area contributed by atoms with Crippen molar-refractivity contribution in [1.82, 2.24) is 4.90 Å². The van der Waals surface area contributed by atoms with E-state index in [1.807, 2.05) is 0 Å². The number of hydrogen-bond donors (Lipinski definition) is 2. The van der Waals surface area contributed by atoms with Gasteiger partial charge in [-0.05, 0) is 37.6 Å². The second kappa shape index (κ2) is 7.64. The molecule has 0 aromatic heterocycles. The lowest BCUT2D eigenvalue weighted by atomic mass is 10.2. The topological polar surface area (TPSA) is 61.8 Å². The molecular weight excluding hydrogens is 292 g/mol. The fraction of sp³-hybridized carbons (Fsp3) is 0.533. The maximum atomic E-state index is 12.0. The SMILES string of the molecule is COc1ccc(Cl)cc1NC(=O)CCN1CCCC1CO. The van der Waals surface area contributed by atoms with Crippen molar-refractivity contribution < 1.29 is 14.6 Å². The Labute approximate surface area is 129 Å². The molecule has 1 aliphatic rings. The van der Waals surface area contributed by atoms with Crippen molar-refractivity contribution in [2.24, 2.45) is 0 Å². The first kappa shape index (κ1) is 16.1. The third-order valence-corrected chi connectivity index (χ3v) is 4.01. The molecule has 0 aliphatic carbocycles. The van der Waals surface area contributed by atoms with Crippen LogP contribution in [0.2, 0.25) is 5.02 Å². The van der Waals surface area contributed by atoms with Crippen molar-refractivity contribution in [3.05, 3.63) is 23.2 Å². The number of benzene rings is 1. The predicted octanol–water partition coefficient (Wildman–Crippen LogP) is 2.13. The van der Waals surface area contributed by atoms with Crippen LogP contribution >= 0.6 is 11.6 Å². The Kier molecular flexibility index (Phi) is 5.85. The van der Waals surface area contributed by atoms with Crippen LogP contribution in [0.25, 0.3) is 0 Å². The number of carbonyl (C=O) groups is 1. The minimum absolute atomic E-state index is 0.0841. The highest BCUT2D eigenvalue weighted by molar-refractivity contribution is 6.31. The fourth-order valence-corrected chi connectivity index (χ4v) is 2.80. The van der Waals surface area contributed by atoms with Gasteiger partial charge < -0.3 is 15.2 Å². The number of methoxy groups -OCH3 is 1. The van der Waals surface area contributed by atoms with E-state index in [0.717, 1.165) is 19.4 Å². The van der Waals surface area contributed by atoms with Crippen molar-refractivity contribution in [2.45, 2.75) is 25.3 Å². The molecule has 0 saturated carbocycles. The monoisotopic (exact) mass is 312 g/mol. The number of amides is 1. The summed E-state index contributed by atoms with van der Waals surface area (Å²) in [5.41, 5.74) is 0.579. The summed E-state index contributed by atoms with van der Waals surface area (Å²) in [7, 11) is 1.55. The molecule has 1 saturated heterocycles. The number of ether oxygens (including phenoxy) is 1. The summed E-state index contributed by atoms with van der Waals surface area (Å²) >= 11 is 5.93. The minimum Gasteiger partial charge on any atom is -0.495 e. The molecule has 1 atom stereocenters. The molecule has 21 heavy (non-hydrogen) atoms. The van der Waals surface area contributed by atoms with Crippen LogP contribution in [0.4, 0.5) is 5.69 Å². The number of aliphatic hydroxyl groups excluding tert-OH is 1. The number of nitrogens with zero attached hydrogens (tertiary/aromatic N) is 1. The highest BCUT2D eigenvalue weighted by Crippen LogP contribution is 2.27. The molecule has 6 heteroatoms. The first-order chi connectivity index (χ1) is 10.1. The maximum Gasteiger partial charge on any atom is 0.225 e. The van der Waals surface area contributed by atoms with E-state index in [0.29, 0.717) is 29.4 Å². The normalized spacial score (nSPS) is 18.7. The van der Waals surface area contributed by atoms with Crippen LogP contribution in [-0.4, -0.2) is 48.8 Å². The van der Waals surface area contributed by atoms with Gasteiger partial charge in [0.05, 0.1) is 19.4 Å². The van der Waals surface area contributed by atoms with Crippen LogP contribution < -0.4 is 10.1 Å². The van der Waals surface area contributed by atoms with Gasteiger partial charge in [-0.2, -0.15) is 0 Å². The number of halogens is 1. The van der Waals surface area contributed by atoms with Gasteiger partial charge in [-0.25, -0.2) is 0 Å². The van der Waals surface area contributed by atoms with Crippen LogP contribution in [-0.2, 0) is 4.79 Å². The van der Waals surface area contributed by atoms with Gasteiger partial charge >= 0.3 is 0 Å². The molecule has 1 aromatic carbocycles. The van der Waals surface area contributed by atoms with Crippen LogP contribution in [0.5, 0.6) is 5.75 Å². The van der Waals surface area contributed by atoms with Gasteiger partial charge in [0.1, 0.15) is 5.75 Å². The van der Waals surface area contributed by atoms with Crippen molar-refractivity contribution >= 4 is 23.2 Å². The average Bonchev–Trinajstić information content (AvgIpc) is 2.93. The number of rotatable bonds is 6. The van der Waals surface area contributed by atoms with E-state index in [2.05, 4.69) is 10.2 Å². The number of likely N-dealkylation sites (tertiary alicyclic amines) is 1. The molecule has 1 aromatic rings. The first-order valence-corrected chi connectivity index (χ1v) is 7.50. The molecule has 1 amide bonds. The van der Waals surface area contributed by atoms with Gasteiger partial charge in [-0.1, -0.05) is 11.6 Å². The highest BCUT2D eigenvalue weighted by atomic mass is 35.5. The van der Waals surface area contributed by atoms with Crippen molar-refractivity contribution in [3.8, 4) is 5.75 Å². The lowest BCUT2D eigenvalue weighted by Gasteiger charge is -2.22. The lowest BCUT2D eigenvalue weighted by Crippen LogP contribution is -2.34. The van der Waals surface area contributed by atoms with Crippen LogP contribution in [0.3, 0.4) is 0 Å². The lowest BCUT2D eigenvalue weighted by molar-refractivity contribution is -0.116. The van der Waals surface area contributed by atoms with Crippen LogP contribution in [0.1, 0.15) is 19.3 Å². The molecular formula is C15H21ClN2O3. The van der Waals surface area contributed by atoms with Crippen molar-refractivity contribution in [1.29, 1.82) is 0 Å². The number of aliphatic hydroxyl groups is 1. The summed E-state index contributed by atoms with van der Waals surface area (Å²) in [5.74, 6) is 0.501. The molecule has 0 spiro atoms. The summed E-state index contributed by atoms with van der Waals surface area (Å²) < 4.78 is 5.20. The molecule has 1 heterocycles. The third-order valence-electron chi connectivity index (χ3n) is 3.77. The average molecular weight is 313 g/mol. The summed E-state index contributed by atoms with van der Waals surface area (Å²) in [6.45, 7) is 1.75. The highest BCUT2D eigenvalue weighted by Gasteiger charge is 2.23. The molecule has 116 valence electrons. The van der Waals surface area contributed by atoms with Crippen LogP contribution in [0, 0.1) is 0 Å². The summed E-state index contributed by atoms with van der Waals surface area (Å²) in [4.78, 5) is 14.2. The van der Waals surface area contributed by atoms with Gasteiger partial charge in [0.25, 0.3) is 0 Å². The van der Waals surface area contributed by atoms with E-state index < -0.39 is 0 Å². The number of nitrogens with one attached hydrogen (secondary N) is 1. The van der Waals surface area contributed by atoms with Gasteiger partial charge in [0.15, 0.2) is 0 Å². The zero-order valence-electron chi connectivity index (χ0n) is 12.1. The van der Waals surface area contributed by atoms with E-state index in [-0.39, 0.29) is 18.6 Å². The molecule has 0 bridgehead atoms. The zero-order chi connectivity index (χ0) is 15.2. The standard InChI is InChI=1S/C15H21ClN2O3/c1-21-14-5-4-11(16)9-13(14)17-15(20)6-8-18-7-2-3-12(18)10-19/h4-5,9,12,19H,2-3,6-8,10H2,1H3,(H,17,20). The zero-order valence-corrected chi connectivity index (χ0v) is 12.9. The number of carbonyl (C=O) groups excluding carboxylic acids is 1. The Morgan fingerprint density at radius 2 is 2.38 bits per heavy atom. The second-order valence-corrected chi connectivity index (χ2v) is 5.59. The molecule has 1 fully saturated rings. The number of anilines is 1. The first-order valence-electron chi connectivity index (χ1n) is 7.12. The Balaban J connectivity index is 1.88. The Morgan fingerprint density at radius 1 is 1.57 bits per heavy atom. The predicted molar refractivity (Wildman–Crippen MR) is 82.9 cm³/mol. The molecule has 5 nitrogen and oxygen atoms in total.